The summed E-state index contributed by atoms with van der Waals surface area (Å²) in [6.45, 7) is 6.60. The molecule has 33 heavy (non-hydrogen) atoms. The van der Waals surface area contributed by atoms with E-state index in [9.17, 15) is 9.59 Å². The van der Waals surface area contributed by atoms with Gasteiger partial charge in [-0.1, -0.05) is 18.2 Å². The molecular formula is C25H29N5O3. The number of fused-ring (bicyclic) bond motifs is 1. The number of aryl methyl sites for hydroxylation is 1. The number of para-hydroxylation sites is 1. The number of nitrogens with zero attached hydrogens (tertiary/aromatic N) is 3. The summed E-state index contributed by atoms with van der Waals surface area (Å²) in [7, 11) is 1.66. The van der Waals surface area contributed by atoms with Crippen LogP contribution in [0.4, 0.5) is 11.4 Å². The average molecular weight is 448 g/mol. The quantitative estimate of drug-likeness (QED) is 0.565. The number of anilines is 2. The predicted molar refractivity (Wildman–Crippen MR) is 130 cm³/mol. The van der Waals surface area contributed by atoms with E-state index in [1.807, 2.05) is 43.3 Å². The molecule has 0 bridgehead atoms. The topological polar surface area (TPSA) is 86.8 Å². The van der Waals surface area contributed by atoms with Gasteiger partial charge >= 0.3 is 11.8 Å². The number of carbonyl (C=O) groups excluding carboxylic acids is 2. The molecule has 0 atom stereocenters. The third-order valence-corrected chi connectivity index (χ3v) is 5.82. The van der Waals surface area contributed by atoms with E-state index >= 15 is 0 Å². The maximum Gasteiger partial charge on any atom is 0.313 e. The van der Waals surface area contributed by atoms with Crippen molar-refractivity contribution in [2.75, 3.05) is 56.6 Å². The van der Waals surface area contributed by atoms with Gasteiger partial charge in [-0.3, -0.25) is 19.5 Å². The Bertz CT molecular complexity index is 1120. The average Bonchev–Trinajstić information content (AvgIpc) is 2.84. The lowest BCUT2D eigenvalue weighted by molar-refractivity contribution is -0.136. The second kappa shape index (κ2) is 10.3. The summed E-state index contributed by atoms with van der Waals surface area (Å²) in [6.07, 6.45) is 0. The molecule has 4 rings (SSSR count). The van der Waals surface area contributed by atoms with Crippen LogP contribution in [0.15, 0.2) is 54.6 Å². The highest BCUT2D eigenvalue weighted by Crippen LogP contribution is 2.23. The van der Waals surface area contributed by atoms with E-state index in [4.69, 9.17) is 4.74 Å². The van der Waals surface area contributed by atoms with Crippen molar-refractivity contribution in [3.05, 3.63) is 60.3 Å². The highest BCUT2D eigenvalue weighted by Gasteiger charge is 2.19. The van der Waals surface area contributed by atoms with E-state index in [-0.39, 0.29) is 0 Å². The molecule has 0 unspecified atom stereocenters. The van der Waals surface area contributed by atoms with Crippen molar-refractivity contribution in [1.82, 2.24) is 15.2 Å². The van der Waals surface area contributed by atoms with Crippen LogP contribution in [0.3, 0.4) is 0 Å². The van der Waals surface area contributed by atoms with Crippen molar-refractivity contribution in [2.45, 2.75) is 6.92 Å². The van der Waals surface area contributed by atoms with E-state index in [2.05, 4.69) is 37.6 Å². The number of piperazine rings is 1. The van der Waals surface area contributed by atoms with Crippen LogP contribution < -0.4 is 20.3 Å². The number of benzene rings is 2. The number of rotatable bonds is 6. The monoisotopic (exact) mass is 447 g/mol. The predicted octanol–water partition coefficient (Wildman–Crippen LogP) is 2.43. The Kier molecular flexibility index (Phi) is 7.04. The summed E-state index contributed by atoms with van der Waals surface area (Å²) in [4.78, 5) is 33.8. The summed E-state index contributed by atoms with van der Waals surface area (Å²) >= 11 is 0. The first kappa shape index (κ1) is 22.5. The first-order valence-electron chi connectivity index (χ1n) is 11.1. The molecule has 2 amide bonds. The lowest BCUT2D eigenvalue weighted by atomic mass is 10.1. The van der Waals surface area contributed by atoms with Gasteiger partial charge in [-0.15, -0.1) is 0 Å². The smallest absolute Gasteiger partial charge is 0.313 e. The molecule has 2 aromatic carbocycles. The molecule has 0 aliphatic carbocycles. The summed E-state index contributed by atoms with van der Waals surface area (Å²) in [5.74, 6) is -0.454. The molecule has 0 saturated carbocycles. The number of amides is 2. The number of hydrogen-bond donors (Lipinski definition) is 2. The number of pyridine rings is 1. The minimum atomic E-state index is -0.671. The zero-order chi connectivity index (χ0) is 23.2. The second-order valence-corrected chi connectivity index (χ2v) is 8.07. The van der Waals surface area contributed by atoms with Gasteiger partial charge < -0.3 is 20.3 Å². The van der Waals surface area contributed by atoms with E-state index in [1.165, 1.54) is 5.69 Å². The number of aromatic nitrogens is 1. The van der Waals surface area contributed by atoms with E-state index in [1.54, 1.807) is 13.2 Å². The lowest BCUT2D eigenvalue weighted by Gasteiger charge is -2.36. The molecule has 2 N–H and O–H groups in total. The Labute approximate surface area is 193 Å². The largest absolute Gasteiger partial charge is 0.497 e. The molecule has 1 aliphatic rings. The van der Waals surface area contributed by atoms with Crippen LogP contribution in [0.5, 0.6) is 5.75 Å². The molecule has 8 heteroatoms. The molecule has 0 spiro atoms. The van der Waals surface area contributed by atoms with Crippen LogP contribution in [0.2, 0.25) is 0 Å². The van der Waals surface area contributed by atoms with Crippen LogP contribution in [-0.4, -0.2) is 68.1 Å². The number of methoxy groups -OCH3 is 1. The second-order valence-electron chi connectivity index (χ2n) is 8.07. The summed E-state index contributed by atoms with van der Waals surface area (Å²) in [5.41, 5.74) is 3.33. The van der Waals surface area contributed by atoms with Crippen molar-refractivity contribution in [2.24, 2.45) is 0 Å². The van der Waals surface area contributed by atoms with Crippen LogP contribution in [0, 0.1) is 6.92 Å². The highest BCUT2D eigenvalue weighted by atomic mass is 16.5. The fourth-order valence-corrected chi connectivity index (χ4v) is 4.02. The number of ether oxygens (including phenoxy) is 1. The van der Waals surface area contributed by atoms with Crippen LogP contribution >= 0.6 is 0 Å². The third kappa shape index (κ3) is 5.59. The van der Waals surface area contributed by atoms with Gasteiger partial charge in [0.2, 0.25) is 0 Å². The zero-order valence-electron chi connectivity index (χ0n) is 19.0. The maximum absolute atomic E-state index is 12.4. The number of carbonyl (C=O) groups is 2. The van der Waals surface area contributed by atoms with Crippen molar-refractivity contribution >= 4 is 34.1 Å². The molecular weight excluding hydrogens is 418 g/mol. The van der Waals surface area contributed by atoms with Gasteiger partial charge in [-0.05, 0) is 43.3 Å². The minimum absolute atomic E-state index is 0.422. The van der Waals surface area contributed by atoms with Gasteiger partial charge in [0.1, 0.15) is 5.75 Å². The molecule has 3 aromatic rings. The first-order chi connectivity index (χ1) is 16.0. The van der Waals surface area contributed by atoms with Gasteiger partial charge in [0, 0.05) is 56.0 Å². The van der Waals surface area contributed by atoms with E-state index in [0.29, 0.717) is 18.8 Å². The Balaban J connectivity index is 1.22. The molecule has 1 saturated heterocycles. The van der Waals surface area contributed by atoms with Crippen molar-refractivity contribution < 1.29 is 14.3 Å². The first-order valence-corrected chi connectivity index (χ1v) is 11.1. The van der Waals surface area contributed by atoms with E-state index in [0.717, 1.165) is 48.5 Å². The Hall–Kier alpha value is -3.65. The lowest BCUT2D eigenvalue weighted by Crippen LogP contribution is -2.49. The SMILES string of the molecule is COc1ccc(N2CCN(CCNC(=O)C(=O)Nc3cc(C)nc4ccccc34)CC2)cc1. The van der Waals surface area contributed by atoms with Gasteiger partial charge in [0.25, 0.3) is 0 Å². The van der Waals surface area contributed by atoms with E-state index < -0.39 is 11.8 Å². The summed E-state index contributed by atoms with van der Waals surface area (Å²) in [5, 5.41) is 6.26. The molecule has 0 radical (unpaired) electrons. The normalized spacial score (nSPS) is 14.2. The van der Waals surface area contributed by atoms with Crippen molar-refractivity contribution in [3.63, 3.8) is 0 Å². The van der Waals surface area contributed by atoms with Crippen molar-refractivity contribution in [1.29, 1.82) is 0 Å². The molecule has 1 aliphatic heterocycles. The van der Waals surface area contributed by atoms with Crippen LogP contribution in [0.1, 0.15) is 5.69 Å². The molecule has 8 nitrogen and oxygen atoms in total. The summed E-state index contributed by atoms with van der Waals surface area (Å²) in [6, 6.07) is 17.4. The van der Waals surface area contributed by atoms with Gasteiger partial charge in [0.05, 0.1) is 18.3 Å². The number of nitrogens with one attached hydrogen (secondary N) is 2. The maximum atomic E-state index is 12.4. The van der Waals surface area contributed by atoms with Gasteiger partial charge in [-0.25, -0.2) is 0 Å². The Morgan fingerprint density at radius 3 is 2.45 bits per heavy atom. The van der Waals surface area contributed by atoms with Crippen molar-refractivity contribution in [3.8, 4) is 5.75 Å². The number of hydrogen-bond acceptors (Lipinski definition) is 6. The zero-order valence-corrected chi connectivity index (χ0v) is 19.0. The van der Waals surface area contributed by atoms with Crippen LogP contribution in [-0.2, 0) is 9.59 Å². The fraction of sp³-hybridized carbons (Fsp3) is 0.320. The van der Waals surface area contributed by atoms with Gasteiger partial charge in [0.15, 0.2) is 0 Å². The van der Waals surface area contributed by atoms with Crippen LogP contribution in [0.25, 0.3) is 10.9 Å². The standard InChI is InChI=1S/C25H29N5O3/c1-18-17-23(21-5-3-4-6-22(21)27-18)28-25(32)24(31)26-11-12-29-13-15-30(16-14-29)19-7-9-20(33-2)10-8-19/h3-10,17H,11-16H2,1-2H3,(H,26,31)(H,27,28,32). The Morgan fingerprint density at radius 2 is 1.73 bits per heavy atom. The summed E-state index contributed by atoms with van der Waals surface area (Å²) < 4.78 is 5.22. The third-order valence-electron chi connectivity index (χ3n) is 5.82. The molecule has 1 aromatic heterocycles. The van der Waals surface area contributed by atoms with Gasteiger partial charge in [-0.2, -0.15) is 0 Å². The molecule has 2 heterocycles. The Morgan fingerprint density at radius 1 is 1.00 bits per heavy atom. The minimum Gasteiger partial charge on any atom is -0.497 e. The highest BCUT2D eigenvalue weighted by molar-refractivity contribution is 6.40. The molecule has 1 fully saturated rings. The fourth-order valence-electron chi connectivity index (χ4n) is 4.02. The molecule has 172 valence electrons.